The summed E-state index contributed by atoms with van der Waals surface area (Å²) in [6, 6.07) is 0. The molecule has 0 bridgehead atoms. The largest absolute Gasteiger partial charge is 0.435 e. The predicted molar refractivity (Wildman–Crippen MR) is 93.7 cm³/mol. The molecule has 0 aromatic heterocycles. The zero-order valence-corrected chi connectivity index (χ0v) is 16.3. The molecule has 3 aliphatic rings. The first-order valence-electron chi connectivity index (χ1n) is 9.82. The molecule has 0 aromatic carbocycles. The Morgan fingerprint density at radius 1 is 0.962 bits per heavy atom. The van der Waals surface area contributed by atoms with Gasteiger partial charge in [0.2, 0.25) is 12.6 Å². The number of carbonyl (C=O) groups is 2. The second-order valence-corrected chi connectivity index (χ2v) is 9.22. The van der Waals surface area contributed by atoms with Crippen molar-refractivity contribution in [3.05, 3.63) is 0 Å². The molecule has 1 unspecified atom stereocenters. The Bertz CT molecular complexity index is 559. The van der Waals surface area contributed by atoms with E-state index < -0.39 is 30.1 Å². The van der Waals surface area contributed by atoms with Gasteiger partial charge in [-0.3, -0.25) is 9.59 Å². The Morgan fingerprint density at radius 2 is 1.58 bits per heavy atom. The van der Waals surface area contributed by atoms with Crippen LogP contribution in [0.5, 0.6) is 0 Å². The highest BCUT2D eigenvalue weighted by molar-refractivity contribution is 5.66. The van der Waals surface area contributed by atoms with Gasteiger partial charge in [-0.25, -0.2) is 0 Å². The van der Waals surface area contributed by atoms with E-state index in [1.165, 1.54) is 20.3 Å². The molecule has 6 heteroatoms. The fourth-order valence-corrected chi connectivity index (χ4v) is 5.35. The lowest BCUT2D eigenvalue weighted by atomic mass is 9.60. The minimum absolute atomic E-state index is 0.0416. The van der Waals surface area contributed by atoms with Crippen molar-refractivity contribution in [1.82, 2.24) is 0 Å². The average molecular weight is 368 g/mol. The maximum absolute atomic E-state index is 11.5. The summed E-state index contributed by atoms with van der Waals surface area (Å²) < 4.78 is 16.4. The molecule has 148 valence electrons. The van der Waals surface area contributed by atoms with E-state index in [0.29, 0.717) is 19.3 Å². The third kappa shape index (κ3) is 4.06. The van der Waals surface area contributed by atoms with Crippen molar-refractivity contribution >= 4 is 11.9 Å². The van der Waals surface area contributed by atoms with Crippen LogP contribution in [0.25, 0.3) is 0 Å². The smallest absolute Gasteiger partial charge is 0.304 e. The van der Waals surface area contributed by atoms with Gasteiger partial charge >= 0.3 is 11.9 Å². The molecule has 26 heavy (non-hydrogen) atoms. The minimum Gasteiger partial charge on any atom is -0.435 e. The molecule has 1 saturated heterocycles. The summed E-state index contributed by atoms with van der Waals surface area (Å²) in [7, 11) is 0. The molecule has 1 N–H and O–H groups in total. The molecule has 0 amide bonds. The first kappa shape index (κ1) is 19.6. The summed E-state index contributed by atoms with van der Waals surface area (Å²) in [6.07, 6.45) is 4.80. The van der Waals surface area contributed by atoms with E-state index >= 15 is 0 Å². The van der Waals surface area contributed by atoms with Gasteiger partial charge in [-0.1, -0.05) is 20.3 Å². The van der Waals surface area contributed by atoms with Crippen molar-refractivity contribution in [2.24, 2.45) is 23.2 Å². The molecule has 0 spiro atoms. The Labute approximate surface area is 155 Å². The molecule has 1 heterocycles. The fraction of sp³-hybridized carbons (Fsp3) is 0.900. The van der Waals surface area contributed by atoms with Gasteiger partial charge in [0.15, 0.2) is 0 Å². The quantitative estimate of drug-likeness (QED) is 0.771. The Balaban J connectivity index is 1.77. The van der Waals surface area contributed by atoms with Crippen molar-refractivity contribution in [2.45, 2.75) is 90.8 Å². The molecule has 0 aromatic rings. The number of esters is 2. The number of hydrogen-bond donors (Lipinski definition) is 1. The molecule has 1 aliphatic heterocycles. The molecule has 3 fully saturated rings. The number of ether oxygens (including phenoxy) is 3. The lowest BCUT2D eigenvalue weighted by Gasteiger charge is -2.48. The van der Waals surface area contributed by atoms with E-state index in [4.69, 9.17) is 14.2 Å². The van der Waals surface area contributed by atoms with Crippen molar-refractivity contribution in [3.63, 3.8) is 0 Å². The van der Waals surface area contributed by atoms with E-state index in [1.54, 1.807) is 0 Å². The maximum atomic E-state index is 11.5. The first-order valence-corrected chi connectivity index (χ1v) is 9.82. The highest BCUT2D eigenvalue weighted by atomic mass is 16.8. The van der Waals surface area contributed by atoms with Gasteiger partial charge in [0.05, 0.1) is 5.60 Å². The Morgan fingerprint density at radius 3 is 2.15 bits per heavy atom. The maximum Gasteiger partial charge on any atom is 0.304 e. The van der Waals surface area contributed by atoms with Crippen LogP contribution < -0.4 is 0 Å². The number of aliphatic hydroxyl groups is 1. The standard InChI is InChI=1S/C20H32O6/c1-12(21)24-17-15-7-9-20(23,14-6-5-8-19(3,4)10-14)11-16(15)18(26-17)25-13(2)22/h14-18,23H,5-11H2,1-4H3/t14?,15-,16+,17-,18+,20-/m1/s1. The van der Waals surface area contributed by atoms with Crippen LogP contribution in [-0.2, 0) is 23.8 Å². The van der Waals surface area contributed by atoms with Crippen molar-refractivity contribution < 1.29 is 28.9 Å². The number of carbonyl (C=O) groups excluding carboxylic acids is 2. The Kier molecular flexibility index (Phi) is 5.37. The summed E-state index contributed by atoms with van der Waals surface area (Å²) in [5.74, 6) is -0.776. The third-order valence-corrected chi connectivity index (χ3v) is 6.55. The van der Waals surface area contributed by atoms with Crippen LogP contribution in [0.15, 0.2) is 0 Å². The van der Waals surface area contributed by atoms with E-state index in [0.717, 1.165) is 19.3 Å². The predicted octanol–water partition coefficient (Wildman–Crippen LogP) is 3.16. The minimum atomic E-state index is -0.772. The first-order chi connectivity index (χ1) is 12.1. The zero-order valence-electron chi connectivity index (χ0n) is 16.3. The van der Waals surface area contributed by atoms with Gasteiger partial charge in [0.1, 0.15) is 0 Å². The zero-order chi connectivity index (χ0) is 19.1. The Hall–Kier alpha value is -1.14. The molecule has 6 nitrogen and oxygen atoms in total. The molecule has 2 saturated carbocycles. The van der Waals surface area contributed by atoms with E-state index in [-0.39, 0.29) is 23.2 Å². The van der Waals surface area contributed by atoms with Crippen LogP contribution in [0, 0.1) is 23.2 Å². The van der Waals surface area contributed by atoms with Gasteiger partial charge in [0.25, 0.3) is 0 Å². The second-order valence-electron chi connectivity index (χ2n) is 9.22. The van der Waals surface area contributed by atoms with Gasteiger partial charge in [-0.15, -0.1) is 0 Å². The van der Waals surface area contributed by atoms with Gasteiger partial charge in [-0.2, -0.15) is 0 Å². The summed E-state index contributed by atoms with van der Waals surface area (Å²) in [5, 5.41) is 11.5. The van der Waals surface area contributed by atoms with E-state index in [9.17, 15) is 14.7 Å². The van der Waals surface area contributed by atoms with Crippen LogP contribution in [0.2, 0.25) is 0 Å². The summed E-state index contributed by atoms with van der Waals surface area (Å²) in [4.78, 5) is 22.9. The highest BCUT2D eigenvalue weighted by Gasteiger charge is 2.56. The number of hydrogen-bond acceptors (Lipinski definition) is 6. The summed E-state index contributed by atoms with van der Waals surface area (Å²) >= 11 is 0. The number of fused-ring (bicyclic) bond motifs is 1. The average Bonchev–Trinajstić information content (AvgIpc) is 2.81. The monoisotopic (exact) mass is 368 g/mol. The summed E-state index contributed by atoms with van der Waals surface area (Å²) in [6.45, 7) is 7.23. The van der Waals surface area contributed by atoms with Crippen LogP contribution in [0.1, 0.15) is 72.6 Å². The fourth-order valence-electron chi connectivity index (χ4n) is 5.35. The van der Waals surface area contributed by atoms with Crippen molar-refractivity contribution in [1.29, 1.82) is 0 Å². The van der Waals surface area contributed by atoms with Gasteiger partial charge in [0, 0.05) is 25.7 Å². The van der Waals surface area contributed by atoms with Crippen molar-refractivity contribution in [2.75, 3.05) is 0 Å². The van der Waals surface area contributed by atoms with E-state index in [2.05, 4.69) is 13.8 Å². The molecule has 6 atom stereocenters. The molecule has 2 aliphatic carbocycles. The summed E-state index contributed by atoms with van der Waals surface area (Å²) in [5.41, 5.74) is -0.525. The molecular weight excluding hydrogens is 336 g/mol. The van der Waals surface area contributed by atoms with E-state index in [1.807, 2.05) is 0 Å². The van der Waals surface area contributed by atoms with Crippen LogP contribution in [0.4, 0.5) is 0 Å². The highest BCUT2D eigenvalue weighted by Crippen LogP contribution is 2.53. The second kappa shape index (κ2) is 7.12. The SMILES string of the molecule is CC(=O)O[C@H]1O[C@@H](OC(C)=O)[C@@H]2CC[C@](O)(C3CCCC(C)(C)C3)C[C@H]12. The normalized spacial score (nSPS) is 42.0. The number of rotatable bonds is 3. The lowest BCUT2D eigenvalue weighted by molar-refractivity contribution is -0.215. The van der Waals surface area contributed by atoms with Crippen LogP contribution in [-0.4, -0.2) is 35.2 Å². The molecule has 3 rings (SSSR count). The third-order valence-electron chi connectivity index (χ3n) is 6.55. The van der Waals surface area contributed by atoms with Gasteiger partial charge in [-0.05, 0) is 49.9 Å². The van der Waals surface area contributed by atoms with Crippen LogP contribution >= 0.6 is 0 Å². The lowest BCUT2D eigenvalue weighted by Crippen LogP contribution is -2.49. The molecular formula is C20H32O6. The topological polar surface area (TPSA) is 82.1 Å². The molecule has 0 radical (unpaired) electrons. The van der Waals surface area contributed by atoms with Gasteiger partial charge < -0.3 is 19.3 Å². The van der Waals surface area contributed by atoms with Crippen molar-refractivity contribution in [3.8, 4) is 0 Å². The van der Waals surface area contributed by atoms with Crippen LogP contribution in [0.3, 0.4) is 0 Å².